The number of amides is 1. The molecule has 0 heterocycles. The van der Waals surface area contributed by atoms with Crippen LogP contribution >= 0.6 is 12.2 Å². The molecule has 0 saturated heterocycles. The second-order valence-electron chi connectivity index (χ2n) is 3.52. The molecule has 0 aromatic carbocycles. The molecule has 80 valence electrons. The van der Waals surface area contributed by atoms with Crippen LogP contribution in [0.5, 0.6) is 0 Å². The zero-order valence-electron chi connectivity index (χ0n) is 8.82. The molecule has 0 saturated carbocycles. The van der Waals surface area contributed by atoms with Crippen molar-refractivity contribution in [1.82, 2.24) is 4.90 Å². The van der Waals surface area contributed by atoms with Gasteiger partial charge in [0.2, 0.25) is 5.91 Å². The third kappa shape index (κ3) is 3.09. The van der Waals surface area contributed by atoms with Crippen LogP contribution in [0, 0.1) is 0 Å². The summed E-state index contributed by atoms with van der Waals surface area (Å²) in [5.74, 6) is -0.388. The predicted molar refractivity (Wildman–Crippen MR) is 62.8 cm³/mol. The zero-order chi connectivity index (χ0) is 11.4. The Labute approximate surface area is 94.4 Å². The standard InChI is InChI=1S/C11H13NO2S/c1-12(2)11(14)7-9(13)8-5-3-4-6-10(8)15/h3-5H,6-7H2,1-2H3. The summed E-state index contributed by atoms with van der Waals surface area (Å²) >= 11 is 5.06. The van der Waals surface area contributed by atoms with Crippen LogP contribution in [0.1, 0.15) is 12.8 Å². The van der Waals surface area contributed by atoms with E-state index < -0.39 is 0 Å². The fourth-order valence-corrected chi connectivity index (χ4v) is 1.46. The first-order chi connectivity index (χ1) is 7.02. The lowest BCUT2D eigenvalue weighted by Gasteiger charge is -2.12. The molecule has 0 spiro atoms. The van der Waals surface area contributed by atoms with E-state index in [1.165, 1.54) is 4.90 Å². The van der Waals surface area contributed by atoms with Gasteiger partial charge < -0.3 is 4.90 Å². The van der Waals surface area contributed by atoms with Gasteiger partial charge in [-0.1, -0.05) is 30.4 Å². The van der Waals surface area contributed by atoms with Crippen LogP contribution in [0.3, 0.4) is 0 Å². The summed E-state index contributed by atoms with van der Waals surface area (Å²) in [6, 6.07) is 0. The molecule has 1 aliphatic carbocycles. The number of nitrogens with zero attached hydrogens (tertiary/aromatic N) is 1. The first kappa shape index (κ1) is 11.8. The predicted octanol–water partition coefficient (Wildman–Crippen LogP) is 1.29. The van der Waals surface area contributed by atoms with Gasteiger partial charge in [-0.2, -0.15) is 0 Å². The van der Waals surface area contributed by atoms with Gasteiger partial charge in [0.1, 0.15) is 0 Å². The summed E-state index contributed by atoms with van der Waals surface area (Å²) in [5.41, 5.74) is 0.503. The molecule has 0 unspecified atom stereocenters. The number of carbonyl (C=O) groups is 2. The van der Waals surface area contributed by atoms with E-state index in [9.17, 15) is 9.59 Å². The number of hydrogen-bond donors (Lipinski definition) is 0. The van der Waals surface area contributed by atoms with Crippen LogP contribution in [0.2, 0.25) is 0 Å². The lowest BCUT2D eigenvalue weighted by molar-refractivity contribution is -0.132. The molecule has 0 radical (unpaired) electrons. The summed E-state index contributed by atoms with van der Waals surface area (Å²) in [4.78, 5) is 25.0. The van der Waals surface area contributed by atoms with Gasteiger partial charge in [0.05, 0.1) is 6.42 Å². The minimum Gasteiger partial charge on any atom is -0.348 e. The van der Waals surface area contributed by atoms with Crippen molar-refractivity contribution in [2.45, 2.75) is 12.8 Å². The fourth-order valence-electron chi connectivity index (χ4n) is 1.18. The van der Waals surface area contributed by atoms with Gasteiger partial charge in [0.15, 0.2) is 5.78 Å². The van der Waals surface area contributed by atoms with E-state index in [4.69, 9.17) is 12.2 Å². The number of ketones is 1. The van der Waals surface area contributed by atoms with Crippen molar-refractivity contribution >= 4 is 28.8 Å². The molecule has 15 heavy (non-hydrogen) atoms. The third-order valence-electron chi connectivity index (χ3n) is 2.11. The van der Waals surface area contributed by atoms with E-state index in [0.29, 0.717) is 16.9 Å². The summed E-state index contributed by atoms with van der Waals surface area (Å²) in [6.07, 6.45) is 5.88. The molecule has 1 aliphatic rings. The first-order valence-corrected chi connectivity index (χ1v) is 5.06. The normalized spacial score (nSPS) is 14.8. The van der Waals surface area contributed by atoms with Gasteiger partial charge in [-0.25, -0.2) is 0 Å². The van der Waals surface area contributed by atoms with Crippen molar-refractivity contribution in [3.05, 3.63) is 23.8 Å². The Morgan fingerprint density at radius 2 is 2.13 bits per heavy atom. The molecular formula is C11H13NO2S. The second kappa shape index (κ2) is 4.98. The highest BCUT2D eigenvalue weighted by Gasteiger charge is 2.18. The smallest absolute Gasteiger partial charge is 0.229 e. The lowest BCUT2D eigenvalue weighted by atomic mass is 9.99. The third-order valence-corrected chi connectivity index (χ3v) is 2.50. The number of Topliss-reactive ketones (excluding diaryl/α,β-unsaturated/α-hetero) is 1. The van der Waals surface area contributed by atoms with Crippen LogP contribution in [-0.4, -0.2) is 35.6 Å². The number of rotatable bonds is 3. The summed E-state index contributed by atoms with van der Waals surface area (Å²) in [7, 11) is 3.26. The molecule has 0 atom stereocenters. The Morgan fingerprint density at radius 3 is 2.67 bits per heavy atom. The maximum Gasteiger partial charge on any atom is 0.229 e. The molecular weight excluding hydrogens is 210 g/mol. The topological polar surface area (TPSA) is 37.4 Å². The SMILES string of the molecule is CN(C)C(=O)CC(=O)C1=CC=CCC1=S. The van der Waals surface area contributed by atoms with E-state index in [0.717, 1.165) is 0 Å². The van der Waals surface area contributed by atoms with Crippen LogP contribution in [0.4, 0.5) is 0 Å². The molecule has 0 aliphatic heterocycles. The monoisotopic (exact) mass is 223 g/mol. The highest BCUT2D eigenvalue weighted by Crippen LogP contribution is 2.13. The molecule has 0 bridgehead atoms. The van der Waals surface area contributed by atoms with Gasteiger partial charge in [-0.05, 0) is 0 Å². The van der Waals surface area contributed by atoms with E-state index in [-0.39, 0.29) is 18.1 Å². The van der Waals surface area contributed by atoms with Crippen LogP contribution in [0.25, 0.3) is 0 Å². The maximum atomic E-state index is 11.7. The minimum absolute atomic E-state index is 0.104. The summed E-state index contributed by atoms with van der Waals surface area (Å²) in [5, 5.41) is 0. The van der Waals surface area contributed by atoms with E-state index >= 15 is 0 Å². The molecule has 3 nitrogen and oxygen atoms in total. The molecule has 0 fully saturated rings. The van der Waals surface area contributed by atoms with Gasteiger partial charge >= 0.3 is 0 Å². The number of hydrogen-bond acceptors (Lipinski definition) is 3. The number of carbonyl (C=O) groups excluding carboxylic acids is 2. The Morgan fingerprint density at radius 1 is 1.47 bits per heavy atom. The summed E-state index contributed by atoms with van der Waals surface area (Å²) < 4.78 is 0. The van der Waals surface area contributed by atoms with Crippen LogP contribution in [0.15, 0.2) is 23.8 Å². The van der Waals surface area contributed by atoms with Gasteiger partial charge in [-0.15, -0.1) is 0 Å². The number of allylic oxidation sites excluding steroid dienone is 4. The Balaban J connectivity index is 2.69. The van der Waals surface area contributed by atoms with E-state index in [1.807, 2.05) is 6.08 Å². The van der Waals surface area contributed by atoms with Crippen LogP contribution < -0.4 is 0 Å². The van der Waals surface area contributed by atoms with Gasteiger partial charge in [0.25, 0.3) is 0 Å². The average molecular weight is 223 g/mol. The average Bonchev–Trinajstić information content (AvgIpc) is 2.18. The highest BCUT2D eigenvalue weighted by molar-refractivity contribution is 7.81. The Hall–Kier alpha value is -1.29. The van der Waals surface area contributed by atoms with E-state index in [1.54, 1.807) is 26.2 Å². The van der Waals surface area contributed by atoms with Crippen molar-refractivity contribution in [2.24, 2.45) is 0 Å². The van der Waals surface area contributed by atoms with Crippen LogP contribution in [-0.2, 0) is 9.59 Å². The Kier molecular flexibility index (Phi) is 3.91. The van der Waals surface area contributed by atoms with E-state index in [2.05, 4.69) is 0 Å². The van der Waals surface area contributed by atoms with Crippen molar-refractivity contribution < 1.29 is 9.59 Å². The van der Waals surface area contributed by atoms with Crippen molar-refractivity contribution in [3.63, 3.8) is 0 Å². The fraction of sp³-hybridized carbons (Fsp3) is 0.364. The second-order valence-corrected chi connectivity index (χ2v) is 4.02. The molecule has 1 rings (SSSR count). The Bertz CT molecular complexity index is 367. The van der Waals surface area contributed by atoms with Gasteiger partial charge in [0, 0.05) is 31.0 Å². The molecule has 1 amide bonds. The zero-order valence-corrected chi connectivity index (χ0v) is 9.63. The van der Waals surface area contributed by atoms with Crippen molar-refractivity contribution in [1.29, 1.82) is 0 Å². The quantitative estimate of drug-likeness (QED) is 0.534. The van der Waals surface area contributed by atoms with Crippen molar-refractivity contribution in [3.8, 4) is 0 Å². The highest BCUT2D eigenvalue weighted by atomic mass is 32.1. The largest absolute Gasteiger partial charge is 0.348 e. The molecule has 0 N–H and O–H groups in total. The maximum absolute atomic E-state index is 11.7. The molecule has 4 heteroatoms. The van der Waals surface area contributed by atoms with Gasteiger partial charge in [-0.3, -0.25) is 9.59 Å². The van der Waals surface area contributed by atoms with Crippen molar-refractivity contribution in [2.75, 3.05) is 14.1 Å². The lowest BCUT2D eigenvalue weighted by Crippen LogP contribution is -2.26. The number of thiocarbonyl (C=S) groups is 1. The molecule has 0 aromatic rings. The first-order valence-electron chi connectivity index (χ1n) is 4.65. The minimum atomic E-state index is -0.196. The molecule has 0 aromatic heterocycles. The summed E-state index contributed by atoms with van der Waals surface area (Å²) in [6.45, 7) is 0.